The summed E-state index contributed by atoms with van der Waals surface area (Å²) in [5.41, 5.74) is 7.27. The van der Waals surface area contributed by atoms with Gasteiger partial charge < -0.3 is 9.47 Å². The lowest BCUT2D eigenvalue weighted by Gasteiger charge is -2.12. The molecule has 0 spiro atoms. The molecular weight excluding hydrogens is 280 g/mol. The quantitative estimate of drug-likeness (QED) is 0.669. The van der Waals surface area contributed by atoms with Gasteiger partial charge in [-0.05, 0) is 24.1 Å². The molecule has 0 bridgehead atoms. The van der Waals surface area contributed by atoms with E-state index in [0.717, 1.165) is 5.56 Å². The van der Waals surface area contributed by atoms with Crippen LogP contribution in [0.1, 0.15) is 18.0 Å². The maximum atomic E-state index is 12.3. The minimum absolute atomic E-state index is 0.0939. The molecule has 2 atom stereocenters. The van der Waals surface area contributed by atoms with E-state index in [9.17, 15) is 4.79 Å². The predicted octanol–water partition coefficient (Wildman–Crippen LogP) is 2.21. The van der Waals surface area contributed by atoms with Crippen molar-refractivity contribution in [2.24, 2.45) is 0 Å². The highest BCUT2D eigenvalue weighted by Crippen LogP contribution is 2.28. The number of carbonyl (C=O) groups excluding carboxylic acids is 1. The Morgan fingerprint density at radius 3 is 2.41 bits per heavy atom. The Labute approximate surface area is 129 Å². The largest absolute Gasteiger partial charge is 0.493 e. The zero-order valence-corrected chi connectivity index (χ0v) is 12.3. The topological polar surface area (TPSA) is 59.6 Å². The summed E-state index contributed by atoms with van der Waals surface area (Å²) in [6.45, 7) is 0. The molecule has 0 radical (unpaired) electrons. The summed E-state index contributed by atoms with van der Waals surface area (Å²) in [5, 5.41) is 0. The number of esters is 1. The fraction of sp³-hybridized carbons (Fsp3) is 0.235. The van der Waals surface area contributed by atoms with Gasteiger partial charge in [-0.1, -0.05) is 42.5 Å². The standard InChI is InChI=1S/C17H18N2O3/c1-21-15-9-5-6-10-16(15)22-17(20)14-11-13(18-19-14)12-7-3-2-4-8-12/h2-10,13-14,18-19H,11H2,1H3. The number of para-hydroxylation sites is 2. The minimum atomic E-state index is -0.393. The van der Waals surface area contributed by atoms with Gasteiger partial charge in [-0.15, -0.1) is 0 Å². The molecule has 1 aliphatic heterocycles. The summed E-state index contributed by atoms with van der Waals surface area (Å²) in [7, 11) is 1.55. The van der Waals surface area contributed by atoms with Gasteiger partial charge in [0.15, 0.2) is 11.5 Å². The van der Waals surface area contributed by atoms with Crippen LogP contribution in [0.15, 0.2) is 54.6 Å². The van der Waals surface area contributed by atoms with E-state index < -0.39 is 6.04 Å². The first-order chi connectivity index (χ1) is 10.8. The van der Waals surface area contributed by atoms with Crippen molar-refractivity contribution in [2.75, 3.05) is 7.11 Å². The Morgan fingerprint density at radius 2 is 1.68 bits per heavy atom. The van der Waals surface area contributed by atoms with Crippen LogP contribution in [0, 0.1) is 0 Å². The first-order valence-corrected chi connectivity index (χ1v) is 7.18. The van der Waals surface area contributed by atoms with Gasteiger partial charge in [-0.2, -0.15) is 0 Å². The number of nitrogens with one attached hydrogen (secondary N) is 2. The molecule has 114 valence electrons. The highest BCUT2D eigenvalue weighted by molar-refractivity contribution is 5.79. The lowest BCUT2D eigenvalue weighted by molar-refractivity contribution is -0.136. The van der Waals surface area contributed by atoms with Crippen molar-refractivity contribution in [3.63, 3.8) is 0 Å². The van der Waals surface area contributed by atoms with Gasteiger partial charge >= 0.3 is 5.97 Å². The van der Waals surface area contributed by atoms with Gasteiger partial charge in [0, 0.05) is 6.04 Å². The van der Waals surface area contributed by atoms with Crippen LogP contribution in [0.5, 0.6) is 11.5 Å². The van der Waals surface area contributed by atoms with Gasteiger partial charge in [0.2, 0.25) is 0 Å². The van der Waals surface area contributed by atoms with Crippen LogP contribution in [0.25, 0.3) is 0 Å². The zero-order chi connectivity index (χ0) is 15.4. The van der Waals surface area contributed by atoms with E-state index in [1.165, 1.54) is 0 Å². The molecule has 5 nitrogen and oxygen atoms in total. The van der Waals surface area contributed by atoms with E-state index in [0.29, 0.717) is 17.9 Å². The van der Waals surface area contributed by atoms with Crippen LogP contribution in [-0.2, 0) is 4.79 Å². The van der Waals surface area contributed by atoms with Crippen LogP contribution in [0.2, 0.25) is 0 Å². The Bertz CT molecular complexity index is 645. The summed E-state index contributed by atoms with van der Waals surface area (Å²) < 4.78 is 10.6. The summed E-state index contributed by atoms with van der Waals surface area (Å²) in [6.07, 6.45) is 0.637. The van der Waals surface area contributed by atoms with Gasteiger partial charge in [-0.25, -0.2) is 15.6 Å². The van der Waals surface area contributed by atoms with Crippen LogP contribution < -0.4 is 20.3 Å². The van der Waals surface area contributed by atoms with E-state index >= 15 is 0 Å². The molecule has 0 aromatic heterocycles. The minimum Gasteiger partial charge on any atom is -0.493 e. The Kier molecular flexibility index (Phi) is 4.37. The van der Waals surface area contributed by atoms with Crippen molar-refractivity contribution in [1.82, 2.24) is 10.9 Å². The molecule has 3 rings (SSSR count). The predicted molar refractivity (Wildman–Crippen MR) is 82.5 cm³/mol. The van der Waals surface area contributed by atoms with Crippen molar-refractivity contribution < 1.29 is 14.3 Å². The number of ether oxygens (including phenoxy) is 2. The molecule has 5 heteroatoms. The third-order valence-electron chi connectivity index (χ3n) is 3.67. The van der Waals surface area contributed by atoms with E-state index in [2.05, 4.69) is 10.9 Å². The monoisotopic (exact) mass is 298 g/mol. The Hall–Kier alpha value is -2.37. The highest BCUT2D eigenvalue weighted by atomic mass is 16.6. The molecule has 0 amide bonds. The lowest BCUT2D eigenvalue weighted by Crippen LogP contribution is -2.38. The Morgan fingerprint density at radius 1 is 1.00 bits per heavy atom. The molecule has 1 fully saturated rings. The molecule has 1 heterocycles. The van der Waals surface area contributed by atoms with E-state index in [1.54, 1.807) is 25.3 Å². The van der Waals surface area contributed by atoms with Crippen LogP contribution >= 0.6 is 0 Å². The molecular formula is C17H18N2O3. The molecule has 2 aromatic rings. The van der Waals surface area contributed by atoms with E-state index in [1.807, 2.05) is 36.4 Å². The van der Waals surface area contributed by atoms with Crippen molar-refractivity contribution in [2.45, 2.75) is 18.5 Å². The number of benzene rings is 2. The number of rotatable bonds is 4. The number of carbonyl (C=O) groups is 1. The van der Waals surface area contributed by atoms with Crippen LogP contribution in [0.3, 0.4) is 0 Å². The molecule has 1 aliphatic rings. The number of methoxy groups -OCH3 is 1. The normalized spacial score (nSPS) is 20.6. The summed E-state index contributed by atoms with van der Waals surface area (Å²) in [4.78, 5) is 12.3. The maximum Gasteiger partial charge on any atom is 0.330 e. The molecule has 0 aliphatic carbocycles. The summed E-state index contributed by atoms with van der Waals surface area (Å²) in [5.74, 6) is 0.650. The fourth-order valence-corrected chi connectivity index (χ4v) is 2.50. The summed E-state index contributed by atoms with van der Waals surface area (Å²) in [6, 6.07) is 16.8. The van der Waals surface area contributed by atoms with Crippen LogP contribution in [-0.4, -0.2) is 19.1 Å². The molecule has 22 heavy (non-hydrogen) atoms. The highest BCUT2D eigenvalue weighted by Gasteiger charge is 2.31. The number of hydrogen-bond acceptors (Lipinski definition) is 5. The second-order valence-corrected chi connectivity index (χ2v) is 5.11. The zero-order valence-electron chi connectivity index (χ0n) is 12.3. The average Bonchev–Trinajstić information content (AvgIpc) is 3.06. The molecule has 2 unspecified atom stereocenters. The van der Waals surface area contributed by atoms with Gasteiger partial charge in [-0.3, -0.25) is 0 Å². The van der Waals surface area contributed by atoms with E-state index in [-0.39, 0.29) is 12.0 Å². The summed E-state index contributed by atoms with van der Waals surface area (Å²) >= 11 is 0. The van der Waals surface area contributed by atoms with Crippen molar-refractivity contribution in [3.05, 3.63) is 60.2 Å². The SMILES string of the molecule is COc1ccccc1OC(=O)C1CC(c2ccccc2)NN1. The third kappa shape index (κ3) is 3.10. The van der Waals surface area contributed by atoms with Gasteiger partial charge in [0.1, 0.15) is 6.04 Å². The molecule has 0 saturated carbocycles. The van der Waals surface area contributed by atoms with Gasteiger partial charge in [0.25, 0.3) is 0 Å². The van der Waals surface area contributed by atoms with Crippen molar-refractivity contribution in [1.29, 1.82) is 0 Å². The Balaban J connectivity index is 1.64. The van der Waals surface area contributed by atoms with Crippen LogP contribution in [0.4, 0.5) is 0 Å². The van der Waals surface area contributed by atoms with Crippen molar-refractivity contribution in [3.8, 4) is 11.5 Å². The average molecular weight is 298 g/mol. The fourth-order valence-electron chi connectivity index (χ4n) is 2.50. The van der Waals surface area contributed by atoms with Gasteiger partial charge in [0.05, 0.1) is 7.11 Å². The first kappa shape index (κ1) is 14.6. The molecule has 2 N–H and O–H groups in total. The number of hydrazine groups is 1. The lowest BCUT2D eigenvalue weighted by atomic mass is 10.0. The smallest absolute Gasteiger partial charge is 0.330 e. The second kappa shape index (κ2) is 6.60. The number of hydrogen-bond donors (Lipinski definition) is 2. The second-order valence-electron chi connectivity index (χ2n) is 5.11. The molecule has 2 aromatic carbocycles. The first-order valence-electron chi connectivity index (χ1n) is 7.18. The van der Waals surface area contributed by atoms with E-state index in [4.69, 9.17) is 9.47 Å². The third-order valence-corrected chi connectivity index (χ3v) is 3.67. The van der Waals surface area contributed by atoms with Crippen molar-refractivity contribution >= 4 is 5.97 Å². The molecule has 1 saturated heterocycles. The maximum absolute atomic E-state index is 12.3.